The maximum absolute atomic E-state index is 12.0. The predicted octanol–water partition coefficient (Wildman–Crippen LogP) is 0.294. The van der Waals surface area contributed by atoms with Gasteiger partial charge in [-0.2, -0.15) is 4.72 Å². The van der Waals surface area contributed by atoms with E-state index in [-0.39, 0.29) is 9.77 Å². The van der Waals surface area contributed by atoms with Crippen molar-refractivity contribution in [2.24, 2.45) is 0 Å². The van der Waals surface area contributed by atoms with Gasteiger partial charge in [-0.3, -0.25) is 4.79 Å². The van der Waals surface area contributed by atoms with Crippen molar-refractivity contribution in [3.8, 4) is 0 Å². The van der Waals surface area contributed by atoms with E-state index in [0.717, 1.165) is 25.6 Å². The van der Waals surface area contributed by atoms with Gasteiger partial charge in [-0.25, -0.2) is 13.2 Å². The van der Waals surface area contributed by atoms with Crippen LogP contribution in [0.5, 0.6) is 0 Å². The van der Waals surface area contributed by atoms with E-state index in [2.05, 4.69) is 14.2 Å². The quantitative estimate of drug-likeness (QED) is 0.785. The van der Waals surface area contributed by atoms with Crippen molar-refractivity contribution in [3.05, 3.63) is 15.8 Å². The average Bonchev–Trinajstić information content (AvgIpc) is 2.78. The SMILES string of the molecule is COC(=O)CNS(=O)(=O)c1cc(C)sc1C(=O)OC. The number of methoxy groups -OCH3 is 2. The number of sulfonamides is 1. The smallest absolute Gasteiger partial charge is 0.349 e. The molecule has 0 saturated carbocycles. The highest BCUT2D eigenvalue weighted by molar-refractivity contribution is 7.89. The summed E-state index contributed by atoms with van der Waals surface area (Å²) in [5, 5.41) is 0. The lowest BCUT2D eigenvalue weighted by Gasteiger charge is -2.05. The monoisotopic (exact) mass is 307 g/mol. The molecule has 0 aliphatic rings. The minimum absolute atomic E-state index is 0.0302. The summed E-state index contributed by atoms with van der Waals surface area (Å²) in [5.74, 6) is -1.47. The molecule has 0 aliphatic heterocycles. The zero-order valence-corrected chi connectivity index (χ0v) is 12.2. The summed E-state index contributed by atoms with van der Waals surface area (Å²) in [7, 11) is -1.67. The summed E-state index contributed by atoms with van der Waals surface area (Å²) in [6.45, 7) is 1.16. The molecule has 0 aliphatic carbocycles. The van der Waals surface area contributed by atoms with Crippen molar-refractivity contribution < 1.29 is 27.5 Å². The number of hydrogen-bond acceptors (Lipinski definition) is 7. The molecule has 0 spiro atoms. The highest BCUT2D eigenvalue weighted by atomic mass is 32.2. The van der Waals surface area contributed by atoms with Crippen molar-refractivity contribution >= 4 is 33.3 Å². The molecule has 19 heavy (non-hydrogen) atoms. The van der Waals surface area contributed by atoms with Crippen molar-refractivity contribution in [1.29, 1.82) is 0 Å². The van der Waals surface area contributed by atoms with Crippen molar-refractivity contribution in [3.63, 3.8) is 0 Å². The fourth-order valence-corrected chi connectivity index (χ4v) is 3.71. The molecule has 7 nitrogen and oxygen atoms in total. The van der Waals surface area contributed by atoms with E-state index in [1.807, 2.05) is 0 Å². The van der Waals surface area contributed by atoms with Gasteiger partial charge in [0.05, 0.1) is 14.2 Å². The molecule has 0 radical (unpaired) electrons. The van der Waals surface area contributed by atoms with Crippen LogP contribution in [0.25, 0.3) is 0 Å². The summed E-state index contributed by atoms with van der Waals surface area (Å²) < 4.78 is 34.9. The number of carbonyl (C=O) groups is 2. The molecule has 0 unspecified atom stereocenters. The number of carbonyl (C=O) groups excluding carboxylic acids is 2. The molecule has 9 heteroatoms. The van der Waals surface area contributed by atoms with Crippen LogP contribution in [-0.2, 0) is 24.3 Å². The second-order valence-corrected chi connectivity index (χ2v) is 6.43. The molecule has 1 heterocycles. The number of aryl methyl sites for hydroxylation is 1. The molecule has 0 saturated heterocycles. The molecular formula is C10H13NO6S2. The number of esters is 2. The Labute approximate surface area is 114 Å². The van der Waals surface area contributed by atoms with E-state index in [4.69, 9.17) is 0 Å². The number of thiophene rings is 1. The summed E-state index contributed by atoms with van der Waals surface area (Å²) in [6.07, 6.45) is 0. The van der Waals surface area contributed by atoms with Gasteiger partial charge in [-0.1, -0.05) is 0 Å². The fourth-order valence-electron chi connectivity index (χ4n) is 1.23. The van der Waals surface area contributed by atoms with Gasteiger partial charge in [0.2, 0.25) is 10.0 Å². The molecule has 1 rings (SSSR count). The Kier molecular flexibility index (Phi) is 5.04. The zero-order chi connectivity index (χ0) is 14.6. The third-order valence-corrected chi connectivity index (χ3v) is 4.70. The third-order valence-electron chi connectivity index (χ3n) is 2.12. The lowest BCUT2D eigenvalue weighted by atomic mass is 10.4. The summed E-state index contributed by atoms with van der Waals surface area (Å²) in [5.41, 5.74) is 0. The van der Waals surface area contributed by atoms with Crippen molar-refractivity contribution in [1.82, 2.24) is 4.72 Å². The Morgan fingerprint density at radius 2 is 1.95 bits per heavy atom. The highest BCUT2D eigenvalue weighted by Gasteiger charge is 2.26. The molecule has 0 aromatic carbocycles. The lowest BCUT2D eigenvalue weighted by Crippen LogP contribution is -2.30. The average molecular weight is 307 g/mol. The van der Waals surface area contributed by atoms with Crippen LogP contribution in [0.4, 0.5) is 0 Å². The van der Waals surface area contributed by atoms with Gasteiger partial charge in [0.15, 0.2) is 0 Å². The molecule has 1 N–H and O–H groups in total. The second-order valence-electron chi connectivity index (χ2n) is 3.44. The first-order valence-electron chi connectivity index (χ1n) is 5.07. The van der Waals surface area contributed by atoms with Crippen LogP contribution in [0.15, 0.2) is 11.0 Å². The molecule has 1 aromatic rings. The molecular weight excluding hydrogens is 294 g/mol. The Bertz CT molecular complexity index is 589. The summed E-state index contributed by atoms with van der Waals surface area (Å²) in [6, 6.07) is 1.34. The van der Waals surface area contributed by atoms with E-state index >= 15 is 0 Å². The van der Waals surface area contributed by atoms with Crippen LogP contribution in [0.3, 0.4) is 0 Å². The number of ether oxygens (including phenoxy) is 2. The fraction of sp³-hybridized carbons (Fsp3) is 0.400. The minimum atomic E-state index is -3.97. The summed E-state index contributed by atoms with van der Waals surface area (Å²) >= 11 is 1.00. The molecule has 0 fully saturated rings. The maximum atomic E-state index is 12.0. The molecule has 1 aromatic heterocycles. The van der Waals surface area contributed by atoms with Gasteiger partial charge in [-0.05, 0) is 13.0 Å². The normalized spacial score (nSPS) is 11.1. The van der Waals surface area contributed by atoms with E-state index in [1.165, 1.54) is 6.07 Å². The van der Waals surface area contributed by atoms with Gasteiger partial charge < -0.3 is 9.47 Å². The van der Waals surface area contributed by atoms with Crippen LogP contribution in [0.1, 0.15) is 14.5 Å². The topological polar surface area (TPSA) is 98.8 Å². The van der Waals surface area contributed by atoms with E-state index in [0.29, 0.717) is 4.88 Å². The molecule has 0 amide bonds. The Hall–Kier alpha value is -1.45. The number of rotatable bonds is 5. The Balaban J connectivity index is 3.07. The van der Waals surface area contributed by atoms with Crippen LogP contribution in [0.2, 0.25) is 0 Å². The first-order chi connectivity index (χ1) is 8.81. The Morgan fingerprint density at radius 1 is 1.32 bits per heavy atom. The lowest BCUT2D eigenvalue weighted by molar-refractivity contribution is -0.139. The van der Waals surface area contributed by atoms with Crippen molar-refractivity contribution in [2.45, 2.75) is 11.8 Å². The van der Waals surface area contributed by atoms with Gasteiger partial charge in [0, 0.05) is 4.88 Å². The maximum Gasteiger partial charge on any atom is 0.349 e. The predicted molar refractivity (Wildman–Crippen MR) is 67.6 cm³/mol. The second kappa shape index (κ2) is 6.13. The summed E-state index contributed by atoms with van der Waals surface area (Å²) in [4.78, 5) is 22.8. The van der Waals surface area contributed by atoms with E-state index < -0.39 is 28.5 Å². The van der Waals surface area contributed by atoms with Crippen LogP contribution < -0.4 is 4.72 Å². The standard InChI is InChI=1S/C10H13NO6S2/c1-6-4-7(9(18-6)10(13)17-3)19(14,15)11-5-8(12)16-2/h4,11H,5H2,1-3H3. The van der Waals surface area contributed by atoms with Crippen LogP contribution in [0, 0.1) is 6.92 Å². The van der Waals surface area contributed by atoms with Gasteiger partial charge in [-0.15, -0.1) is 11.3 Å². The first-order valence-corrected chi connectivity index (χ1v) is 7.37. The zero-order valence-electron chi connectivity index (χ0n) is 10.6. The van der Waals surface area contributed by atoms with Gasteiger partial charge in [0.25, 0.3) is 0 Å². The minimum Gasteiger partial charge on any atom is -0.468 e. The van der Waals surface area contributed by atoms with E-state index in [9.17, 15) is 18.0 Å². The van der Waals surface area contributed by atoms with E-state index in [1.54, 1.807) is 6.92 Å². The first kappa shape index (κ1) is 15.6. The van der Waals surface area contributed by atoms with Gasteiger partial charge in [0.1, 0.15) is 16.3 Å². The van der Waals surface area contributed by atoms with Crippen LogP contribution in [-0.4, -0.2) is 41.1 Å². The molecule has 0 bridgehead atoms. The molecule has 106 valence electrons. The van der Waals surface area contributed by atoms with Crippen molar-refractivity contribution in [2.75, 3.05) is 20.8 Å². The highest BCUT2D eigenvalue weighted by Crippen LogP contribution is 2.26. The van der Waals surface area contributed by atoms with Gasteiger partial charge >= 0.3 is 11.9 Å². The largest absolute Gasteiger partial charge is 0.468 e. The van der Waals surface area contributed by atoms with Crippen LogP contribution >= 0.6 is 11.3 Å². The third kappa shape index (κ3) is 3.75. The number of hydrogen-bond donors (Lipinski definition) is 1. The Morgan fingerprint density at radius 3 is 2.47 bits per heavy atom. The molecule has 0 atom stereocenters. The number of nitrogens with one attached hydrogen (secondary N) is 1.